The summed E-state index contributed by atoms with van der Waals surface area (Å²) < 4.78 is 38.5. The van der Waals surface area contributed by atoms with Crippen molar-refractivity contribution in [2.75, 3.05) is 66.6 Å². The van der Waals surface area contributed by atoms with Crippen molar-refractivity contribution in [2.45, 2.75) is 77.0 Å². The Balaban J connectivity index is 0.00000260. The van der Waals surface area contributed by atoms with Gasteiger partial charge < -0.3 is 19.3 Å². The fraction of sp³-hybridized carbons (Fsp3) is 0.767. The van der Waals surface area contributed by atoms with Gasteiger partial charge in [-0.1, -0.05) is 19.8 Å². The van der Waals surface area contributed by atoms with E-state index in [1.54, 1.807) is 13.2 Å². The smallest absolute Gasteiger partial charge is 0.248 e. The Bertz CT molecular complexity index is 958. The van der Waals surface area contributed by atoms with E-state index >= 15 is 0 Å². The number of nitrogens with zero attached hydrogens (tertiary/aromatic N) is 3. The molecule has 2 saturated heterocycles. The second kappa shape index (κ2) is 16.4. The van der Waals surface area contributed by atoms with E-state index in [1.165, 1.54) is 12.8 Å². The lowest BCUT2D eigenvalue weighted by Crippen LogP contribution is -2.54. The van der Waals surface area contributed by atoms with Crippen molar-refractivity contribution < 1.29 is 22.7 Å². The number of likely N-dealkylation sites (tertiary alicyclic amines) is 1. The zero-order chi connectivity index (χ0) is 29.0. The summed E-state index contributed by atoms with van der Waals surface area (Å²) in [7, 11) is 0.296. The number of carbonyl (C=O) groups is 1. The number of methoxy groups -OCH3 is 1. The molecule has 3 aliphatic rings. The van der Waals surface area contributed by atoms with E-state index in [9.17, 15) is 13.2 Å². The van der Waals surface area contributed by atoms with E-state index < -0.39 is 15.1 Å². The molecular formula is C30H51N3O5S. The molecule has 1 saturated carbocycles. The Morgan fingerprint density at radius 1 is 0.974 bits per heavy atom. The Hall–Kier alpha value is -1.86. The van der Waals surface area contributed by atoms with Crippen LogP contribution in [0.5, 0.6) is 0 Å². The number of terminal acetylenes is 1. The number of hydrogen-bond donors (Lipinski definition) is 0. The first kappa shape index (κ1) is 33.3. The third-order valence-corrected chi connectivity index (χ3v) is 11.2. The Morgan fingerprint density at radius 3 is 2.18 bits per heavy atom. The molecule has 3 fully saturated rings. The van der Waals surface area contributed by atoms with Gasteiger partial charge >= 0.3 is 0 Å². The van der Waals surface area contributed by atoms with Gasteiger partial charge in [-0.15, -0.1) is 12.8 Å². The zero-order valence-electron chi connectivity index (χ0n) is 24.9. The lowest BCUT2D eigenvalue weighted by molar-refractivity contribution is -0.138. The molecule has 0 aromatic carbocycles. The quantitative estimate of drug-likeness (QED) is 0.227. The van der Waals surface area contributed by atoms with E-state index in [2.05, 4.69) is 29.7 Å². The molecule has 3 rings (SSSR count). The van der Waals surface area contributed by atoms with Crippen molar-refractivity contribution in [3.05, 3.63) is 22.3 Å². The van der Waals surface area contributed by atoms with Crippen LogP contribution in [-0.2, 0) is 24.1 Å². The van der Waals surface area contributed by atoms with Crippen LogP contribution in [0.25, 0.3) is 0 Å². The molecule has 0 bridgehead atoms. The molecule has 1 aliphatic carbocycles. The molecule has 1 amide bonds. The van der Waals surface area contributed by atoms with Crippen LogP contribution in [0.3, 0.4) is 0 Å². The zero-order valence-corrected chi connectivity index (χ0v) is 25.7. The van der Waals surface area contributed by atoms with Crippen LogP contribution >= 0.6 is 0 Å². The molecule has 2 heterocycles. The minimum absolute atomic E-state index is 0.0170. The number of amides is 1. The minimum Gasteiger partial charge on any atom is -0.501 e. The van der Waals surface area contributed by atoms with Crippen molar-refractivity contribution in [1.29, 1.82) is 0 Å². The monoisotopic (exact) mass is 565 g/mol. The van der Waals surface area contributed by atoms with Crippen LogP contribution in [0.4, 0.5) is 0 Å². The molecule has 0 N–H and O–H groups in total. The number of rotatable bonds is 10. The number of allylic oxidation sites excluding steroid dienone is 4. The number of piperazine rings is 1. The summed E-state index contributed by atoms with van der Waals surface area (Å²) in [5, 5.41) is -0.462. The van der Waals surface area contributed by atoms with Gasteiger partial charge in [0.05, 0.1) is 24.7 Å². The maximum atomic E-state index is 13.7. The summed E-state index contributed by atoms with van der Waals surface area (Å²) in [6.07, 6.45) is 16.0. The molecular weight excluding hydrogens is 514 g/mol. The van der Waals surface area contributed by atoms with Gasteiger partial charge in [0, 0.05) is 37.1 Å². The van der Waals surface area contributed by atoms with Crippen molar-refractivity contribution in [2.24, 2.45) is 5.92 Å². The van der Waals surface area contributed by atoms with Crippen molar-refractivity contribution in [3.8, 4) is 12.8 Å². The van der Waals surface area contributed by atoms with E-state index in [0.29, 0.717) is 36.2 Å². The van der Waals surface area contributed by atoms with Crippen LogP contribution in [0.1, 0.15) is 65.7 Å². The number of ether oxygens (including phenoxy) is 2. The first-order chi connectivity index (χ1) is 18.7. The molecule has 8 nitrogen and oxygen atoms in total. The van der Waals surface area contributed by atoms with Crippen LogP contribution in [-0.4, -0.2) is 107 Å². The summed E-state index contributed by atoms with van der Waals surface area (Å²) in [6.45, 7) is 11.5. The second-order valence-corrected chi connectivity index (χ2v) is 13.2. The van der Waals surface area contributed by atoms with Gasteiger partial charge in [0.25, 0.3) is 0 Å². The Labute approximate surface area is 237 Å². The van der Waals surface area contributed by atoms with Gasteiger partial charge in [-0.2, -0.15) is 0 Å². The van der Waals surface area contributed by atoms with Crippen molar-refractivity contribution in [1.82, 2.24) is 14.7 Å². The summed E-state index contributed by atoms with van der Waals surface area (Å²) >= 11 is 0. The molecule has 39 heavy (non-hydrogen) atoms. The van der Waals surface area contributed by atoms with Crippen LogP contribution < -0.4 is 0 Å². The van der Waals surface area contributed by atoms with E-state index in [1.807, 2.05) is 25.7 Å². The largest absolute Gasteiger partial charge is 0.501 e. The molecule has 0 aromatic heterocycles. The molecule has 222 valence electrons. The topological polar surface area (TPSA) is 79.4 Å². The lowest BCUT2D eigenvalue weighted by atomic mass is 9.89. The van der Waals surface area contributed by atoms with Crippen molar-refractivity contribution >= 4 is 15.7 Å². The third kappa shape index (κ3) is 9.34. The van der Waals surface area contributed by atoms with Crippen LogP contribution in [0.15, 0.2) is 22.3 Å². The highest BCUT2D eigenvalue weighted by atomic mass is 32.2. The number of carbonyl (C=O) groups excluding carboxylic acids is 1. The second-order valence-electron chi connectivity index (χ2n) is 11.0. The van der Waals surface area contributed by atoms with E-state index in [4.69, 9.17) is 9.47 Å². The summed E-state index contributed by atoms with van der Waals surface area (Å²) in [4.78, 5) is 20.2. The molecule has 2 unspecified atom stereocenters. The number of piperidine rings is 1. The standard InChI is InChI=1S/C28H49N3O5S.C2H2/c1-6-26(22(2)19-23(3)35-5)37(33,34)27-10-8-7-9-24(27)20-36-21-28(32)31-17-15-30(16-18-31)25-11-13-29(4)14-12-25;1-2/h19,24-25,27H,6-18,20-21H2,1-5H3;1-2H/b23-19+,26-22+;. The molecule has 0 spiro atoms. The highest BCUT2D eigenvalue weighted by molar-refractivity contribution is 7.95. The van der Waals surface area contributed by atoms with Gasteiger partial charge in [-0.3, -0.25) is 9.69 Å². The molecule has 0 radical (unpaired) electrons. The van der Waals surface area contributed by atoms with Gasteiger partial charge in [0.2, 0.25) is 5.91 Å². The van der Waals surface area contributed by atoms with Crippen LogP contribution in [0, 0.1) is 18.8 Å². The summed E-state index contributed by atoms with van der Waals surface area (Å²) in [5.41, 5.74) is 0.738. The molecule has 2 atom stereocenters. The predicted octanol–water partition coefficient (Wildman–Crippen LogP) is 3.70. The lowest BCUT2D eigenvalue weighted by Gasteiger charge is -2.42. The molecule has 2 aliphatic heterocycles. The SMILES string of the molecule is C#C.CC/C(=C(C)\C=C(/C)OC)S(=O)(=O)C1CCCCC1COCC(=O)N1CCN(C2CCN(C)CC2)CC1. The maximum absolute atomic E-state index is 13.7. The average molecular weight is 566 g/mol. The predicted molar refractivity (Wildman–Crippen MR) is 158 cm³/mol. The van der Waals surface area contributed by atoms with Gasteiger partial charge in [0.15, 0.2) is 9.84 Å². The van der Waals surface area contributed by atoms with Crippen LogP contribution in [0.2, 0.25) is 0 Å². The number of sulfone groups is 1. The fourth-order valence-electron chi connectivity index (χ4n) is 6.19. The molecule has 0 aromatic rings. The molecule has 9 heteroatoms. The average Bonchev–Trinajstić information content (AvgIpc) is 2.95. The minimum atomic E-state index is -3.47. The van der Waals surface area contributed by atoms with Gasteiger partial charge in [0.1, 0.15) is 6.61 Å². The maximum Gasteiger partial charge on any atom is 0.248 e. The van der Waals surface area contributed by atoms with E-state index in [-0.39, 0.29) is 18.4 Å². The highest BCUT2D eigenvalue weighted by Crippen LogP contribution is 2.35. The fourth-order valence-corrected chi connectivity index (χ4v) is 8.66. The van der Waals surface area contributed by atoms with Crippen molar-refractivity contribution in [3.63, 3.8) is 0 Å². The summed E-state index contributed by atoms with van der Waals surface area (Å²) in [5.74, 6) is 0.617. The summed E-state index contributed by atoms with van der Waals surface area (Å²) in [6, 6.07) is 0.634. The van der Waals surface area contributed by atoms with Gasteiger partial charge in [-0.05, 0) is 83.7 Å². The first-order valence-corrected chi connectivity index (χ1v) is 16.0. The number of hydrogen-bond acceptors (Lipinski definition) is 7. The Kier molecular flexibility index (Phi) is 14.0. The Morgan fingerprint density at radius 2 is 1.59 bits per heavy atom. The van der Waals surface area contributed by atoms with E-state index in [0.717, 1.165) is 64.1 Å². The normalized spacial score (nSPS) is 24.9. The third-order valence-electron chi connectivity index (χ3n) is 8.51. The first-order valence-electron chi connectivity index (χ1n) is 14.4. The van der Waals surface area contributed by atoms with Gasteiger partial charge in [-0.25, -0.2) is 8.42 Å². The highest BCUT2D eigenvalue weighted by Gasteiger charge is 2.38.